The number of hydrogen-bond acceptors (Lipinski definition) is 7. The lowest BCUT2D eigenvalue weighted by atomic mass is 9.92. The molecule has 0 radical (unpaired) electrons. The van der Waals surface area contributed by atoms with Crippen molar-refractivity contribution in [1.29, 1.82) is 0 Å². The molecule has 0 saturated carbocycles. The summed E-state index contributed by atoms with van der Waals surface area (Å²) < 4.78 is 18.4. The van der Waals surface area contributed by atoms with Gasteiger partial charge >= 0.3 is 7.60 Å². The zero-order valence-electron chi connectivity index (χ0n) is 19.2. The van der Waals surface area contributed by atoms with Crippen LogP contribution in [0.3, 0.4) is 0 Å². The molecule has 5 atom stereocenters. The Morgan fingerprint density at radius 1 is 1.15 bits per heavy atom. The van der Waals surface area contributed by atoms with Crippen LogP contribution >= 0.6 is 7.60 Å². The zero-order valence-corrected chi connectivity index (χ0v) is 20.1. The van der Waals surface area contributed by atoms with Crippen molar-refractivity contribution in [2.45, 2.75) is 63.6 Å². The number of rotatable bonds is 9. The van der Waals surface area contributed by atoms with E-state index < -0.39 is 44.3 Å². The highest BCUT2D eigenvalue weighted by Gasteiger charge is 2.45. The molecular weight excluding hydrogens is 461 g/mol. The molecule has 1 aliphatic rings. The van der Waals surface area contributed by atoms with Gasteiger partial charge in [-0.1, -0.05) is 48.9 Å². The highest BCUT2D eigenvalue weighted by Crippen LogP contribution is 2.39. The molecule has 34 heavy (non-hydrogen) atoms. The summed E-state index contributed by atoms with van der Waals surface area (Å²) in [7, 11) is -4.32. The molecule has 1 aromatic carbocycles. The van der Waals surface area contributed by atoms with Crippen LogP contribution in [-0.4, -0.2) is 70.7 Å². The van der Waals surface area contributed by atoms with Gasteiger partial charge in [-0.15, -0.1) is 5.10 Å². The molecule has 3 rings (SSSR count). The third-order valence-corrected chi connectivity index (χ3v) is 6.57. The zero-order chi connectivity index (χ0) is 24.9. The minimum absolute atomic E-state index is 0.194. The molecule has 186 valence electrons. The normalized spacial score (nSPS) is 26.0. The molecule has 2 heterocycles. The first-order chi connectivity index (χ1) is 16.1. The van der Waals surface area contributed by atoms with E-state index in [0.717, 1.165) is 29.7 Å². The third-order valence-electron chi connectivity index (χ3n) is 5.73. The number of allylic oxidation sites excluding steroid dienone is 3. The van der Waals surface area contributed by atoms with Crippen molar-refractivity contribution in [3.63, 3.8) is 0 Å². The van der Waals surface area contributed by atoms with Crippen LogP contribution in [-0.2, 0) is 9.30 Å². The summed E-state index contributed by atoms with van der Waals surface area (Å²) in [5, 5.41) is 39.1. The minimum Gasteiger partial charge on any atom is -0.388 e. The SMILES string of the molecule is CCC/C=C\C=C/c1cc(-n2cc(C3OC(CCP(=O)(O)O)[C@@H](O)[C@H](O)[C@@H]3O)nn2)ccc1C. The number of hydrogen-bond donors (Lipinski definition) is 5. The van der Waals surface area contributed by atoms with Crippen molar-refractivity contribution in [3.8, 4) is 5.69 Å². The fraction of sp³-hybridized carbons (Fsp3) is 0.478. The average Bonchev–Trinajstić information content (AvgIpc) is 3.27. The Labute approximate surface area is 198 Å². The van der Waals surface area contributed by atoms with Crippen LogP contribution in [0.25, 0.3) is 11.8 Å². The Morgan fingerprint density at radius 2 is 1.91 bits per heavy atom. The van der Waals surface area contributed by atoms with Gasteiger partial charge in [0.05, 0.1) is 24.2 Å². The first-order valence-corrected chi connectivity index (χ1v) is 13.0. The van der Waals surface area contributed by atoms with Gasteiger partial charge in [0.1, 0.15) is 30.1 Å². The predicted octanol–water partition coefficient (Wildman–Crippen LogP) is 2.04. The largest absolute Gasteiger partial charge is 0.388 e. The highest BCUT2D eigenvalue weighted by molar-refractivity contribution is 7.51. The Balaban J connectivity index is 1.79. The molecule has 0 spiro atoms. The van der Waals surface area contributed by atoms with Crippen molar-refractivity contribution < 1.29 is 34.4 Å². The van der Waals surface area contributed by atoms with E-state index in [0.29, 0.717) is 0 Å². The second-order valence-electron chi connectivity index (χ2n) is 8.45. The van der Waals surface area contributed by atoms with Crippen LogP contribution in [0.15, 0.2) is 42.6 Å². The summed E-state index contributed by atoms with van der Waals surface area (Å²) in [6.07, 6.45) is 4.28. The summed E-state index contributed by atoms with van der Waals surface area (Å²) in [6, 6.07) is 5.77. The number of aromatic nitrogens is 3. The minimum atomic E-state index is -4.32. The van der Waals surface area contributed by atoms with E-state index in [1.807, 2.05) is 43.4 Å². The fourth-order valence-electron chi connectivity index (χ4n) is 3.71. The summed E-state index contributed by atoms with van der Waals surface area (Å²) in [5.41, 5.74) is 3.03. The lowest BCUT2D eigenvalue weighted by Crippen LogP contribution is -2.54. The van der Waals surface area contributed by atoms with Gasteiger partial charge in [-0.25, -0.2) is 4.68 Å². The van der Waals surface area contributed by atoms with Crippen LogP contribution in [0.5, 0.6) is 0 Å². The lowest BCUT2D eigenvalue weighted by molar-refractivity contribution is -0.225. The van der Waals surface area contributed by atoms with E-state index in [1.54, 1.807) is 6.20 Å². The van der Waals surface area contributed by atoms with Crippen LogP contribution < -0.4 is 0 Å². The number of benzene rings is 1. The maximum atomic E-state index is 11.2. The van der Waals surface area contributed by atoms with Crippen LogP contribution in [0, 0.1) is 6.92 Å². The first-order valence-electron chi connectivity index (χ1n) is 11.2. The molecule has 0 bridgehead atoms. The second-order valence-corrected chi connectivity index (χ2v) is 10.2. The molecule has 1 aliphatic heterocycles. The summed E-state index contributed by atoms with van der Waals surface area (Å²) in [5.74, 6) is 0. The summed E-state index contributed by atoms with van der Waals surface area (Å²) in [4.78, 5) is 18.3. The van der Waals surface area contributed by atoms with Gasteiger partial charge in [0.25, 0.3) is 0 Å². The van der Waals surface area contributed by atoms with E-state index in [-0.39, 0.29) is 12.1 Å². The second kappa shape index (κ2) is 11.5. The molecule has 0 amide bonds. The molecular formula is C23H32N3O7P. The molecule has 1 aromatic heterocycles. The average molecular weight is 493 g/mol. The van der Waals surface area contributed by atoms with Gasteiger partial charge in [-0.05, 0) is 43.0 Å². The topological polar surface area (TPSA) is 158 Å². The van der Waals surface area contributed by atoms with Crippen molar-refractivity contribution in [1.82, 2.24) is 15.0 Å². The Bertz CT molecular complexity index is 1060. The predicted molar refractivity (Wildman–Crippen MR) is 126 cm³/mol. The molecule has 1 fully saturated rings. The van der Waals surface area contributed by atoms with Crippen LogP contribution in [0.1, 0.15) is 49.1 Å². The molecule has 5 N–H and O–H groups in total. The monoisotopic (exact) mass is 493 g/mol. The van der Waals surface area contributed by atoms with Crippen LogP contribution in [0.4, 0.5) is 0 Å². The quantitative estimate of drug-likeness (QED) is 0.260. The molecule has 11 heteroatoms. The Hall–Kier alpha value is -2.17. The first kappa shape index (κ1) is 26.4. The van der Waals surface area contributed by atoms with Gasteiger partial charge in [-0.3, -0.25) is 4.57 Å². The summed E-state index contributed by atoms with van der Waals surface area (Å²) in [6.45, 7) is 4.12. The van der Waals surface area contributed by atoms with E-state index in [4.69, 9.17) is 14.5 Å². The highest BCUT2D eigenvalue weighted by atomic mass is 31.2. The van der Waals surface area contributed by atoms with Crippen molar-refractivity contribution in [2.24, 2.45) is 0 Å². The number of unbranched alkanes of at least 4 members (excludes halogenated alkanes) is 1. The number of aliphatic hydroxyl groups excluding tert-OH is 3. The smallest absolute Gasteiger partial charge is 0.325 e. The molecule has 0 aliphatic carbocycles. The maximum Gasteiger partial charge on any atom is 0.325 e. The standard InChI is InChI=1S/C23H32N3O7P/c1-3-4-5-6-7-8-16-13-17(10-9-15(16)2)26-14-18(24-25-26)23-22(29)21(28)20(27)19(33-23)11-12-34(30,31)32/h5-10,13-14,19-23,27-29H,3-4,11-12H2,1-2H3,(H2,30,31,32)/b6-5-,8-7-/t19?,20-,21+,22+,23?/m1/s1. The number of aryl methyl sites for hydroxylation is 1. The van der Waals surface area contributed by atoms with E-state index in [2.05, 4.69) is 23.3 Å². The van der Waals surface area contributed by atoms with E-state index in [1.165, 1.54) is 4.68 Å². The molecule has 1 saturated heterocycles. The molecule has 2 aromatic rings. The number of aliphatic hydroxyl groups is 3. The van der Waals surface area contributed by atoms with E-state index >= 15 is 0 Å². The maximum absolute atomic E-state index is 11.2. The number of ether oxygens (including phenoxy) is 1. The van der Waals surface area contributed by atoms with Gasteiger partial charge in [0.15, 0.2) is 0 Å². The Kier molecular flexibility index (Phi) is 8.95. The van der Waals surface area contributed by atoms with Gasteiger partial charge in [0, 0.05) is 0 Å². The van der Waals surface area contributed by atoms with E-state index in [9.17, 15) is 19.9 Å². The summed E-state index contributed by atoms with van der Waals surface area (Å²) >= 11 is 0. The van der Waals surface area contributed by atoms with Crippen molar-refractivity contribution >= 4 is 13.7 Å². The van der Waals surface area contributed by atoms with Gasteiger partial charge in [-0.2, -0.15) is 0 Å². The third kappa shape index (κ3) is 6.70. The lowest BCUT2D eigenvalue weighted by Gasteiger charge is -2.40. The van der Waals surface area contributed by atoms with Crippen LogP contribution in [0.2, 0.25) is 0 Å². The van der Waals surface area contributed by atoms with Gasteiger partial charge < -0.3 is 29.8 Å². The molecule has 2 unspecified atom stereocenters. The Morgan fingerprint density at radius 3 is 2.62 bits per heavy atom. The van der Waals surface area contributed by atoms with Gasteiger partial charge in [0.2, 0.25) is 0 Å². The van der Waals surface area contributed by atoms with Crippen molar-refractivity contribution in [3.05, 3.63) is 59.4 Å². The number of nitrogens with zero attached hydrogens (tertiary/aromatic N) is 3. The molecule has 10 nitrogen and oxygen atoms in total. The van der Waals surface area contributed by atoms with Crippen molar-refractivity contribution in [2.75, 3.05) is 6.16 Å². The fourth-order valence-corrected chi connectivity index (χ4v) is 4.30.